The summed E-state index contributed by atoms with van der Waals surface area (Å²) in [7, 11) is 0. The van der Waals surface area contributed by atoms with Gasteiger partial charge in [-0.3, -0.25) is 18.8 Å². The van der Waals surface area contributed by atoms with Crippen molar-refractivity contribution in [1.82, 2.24) is 9.85 Å². The Labute approximate surface area is 82.8 Å². The lowest BCUT2D eigenvalue weighted by Gasteiger charge is -1.99. The summed E-state index contributed by atoms with van der Waals surface area (Å²) in [5.74, 6) is -0.518. The van der Waals surface area contributed by atoms with Gasteiger partial charge in [-0.1, -0.05) is 23.1 Å². The minimum Gasteiger partial charge on any atom is -0.276 e. The van der Waals surface area contributed by atoms with Gasteiger partial charge in [-0.15, -0.1) is 0 Å². The summed E-state index contributed by atoms with van der Waals surface area (Å²) in [6.45, 7) is 2.07. The lowest BCUT2D eigenvalue weighted by molar-refractivity contribution is 0.0368. The first-order chi connectivity index (χ1) is 6.16. The number of aromatic amines is 1. The fourth-order valence-electron chi connectivity index (χ4n) is 0.620. The van der Waals surface area contributed by atoms with Crippen LogP contribution in [0, 0.1) is 0 Å². The SMILES string of the molecule is CCONC(=O)c1s[nH]c(=O)c1Cl. The molecule has 1 aromatic rings. The molecule has 1 amide bonds. The minimum atomic E-state index is -0.518. The Kier molecular flexibility index (Phi) is 3.47. The van der Waals surface area contributed by atoms with Crippen LogP contribution in [0.3, 0.4) is 0 Å². The van der Waals surface area contributed by atoms with E-state index in [4.69, 9.17) is 11.6 Å². The molecule has 1 rings (SSSR count). The van der Waals surface area contributed by atoms with Gasteiger partial charge < -0.3 is 0 Å². The van der Waals surface area contributed by atoms with Crippen molar-refractivity contribution in [2.75, 3.05) is 6.61 Å². The van der Waals surface area contributed by atoms with Crippen LogP contribution in [0.25, 0.3) is 0 Å². The second-order valence-corrected chi connectivity index (χ2v) is 3.24. The molecule has 72 valence electrons. The zero-order chi connectivity index (χ0) is 9.84. The molecule has 0 spiro atoms. The van der Waals surface area contributed by atoms with Gasteiger partial charge in [0.1, 0.15) is 9.90 Å². The smallest absolute Gasteiger partial charge is 0.276 e. The topological polar surface area (TPSA) is 71.2 Å². The second-order valence-electron chi connectivity index (χ2n) is 2.04. The highest BCUT2D eigenvalue weighted by Crippen LogP contribution is 2.13. The molecular weight excluding hydrogens is 216 g/mol. The third-order valence-electron chi connectivity index (χ3n) is 1.16. The van der Waals surface area contributed by atoms with E-state index in [1.165, 1.54) is 0 Å². The second kappa shape index (κ2) is 4.40. The van der Waals surface area contributed by atoms with Crippen molar-refractivity contribution in [3.05, 3.63) is 20.3 Å². The van der Waals surface area contributed by atoms with Gasteiger partial charge in [0.2, 0.25) is 0 Å². The Bertz CT molecular complexity index is 359. The van der Waals surface area contributed by atoms with Gasteiger partial charge >= 0.3 is 0 Å². The van der Waals surface area contributed by atoms with Gasteiger partial charge in [-0.2, -0.15) is 0 Å². The maximum Gasteiger partial charge on any atom is 0.288 e. The van der Waals surface area contributed by atoms with Crippen LogP contribution in [0.2, 0.25) is 5.02 Å². The fourth-order valence-corrected chi connectivity index (χ4v) is 1.54. The number of carbonyl (C=O) groups excluding carboxylic acids is 1. The molecule has 0 aliphatic heterocycles. The molecule has 1 heterocycles. The Morgan fingerprint density at radius 3 is 2.92 bits per heavy atom. The summed E-state index contributed by atoms with van der Waals surface area (Å²) in [6.07, 6.45) is 0. The molecule has 0 aromatic carbocycles. The van der Waals surface area contributed by atoms with Crippen LogP contribution >= 0.6 is 23.1 Å². The number of amides is 1. The van der Waals surface area contributed by atoms with Gasteiger partial charge in [-0.25, -0.2) is 5.48 Å². The summed E-state index contributed by atoms with van der Waals surface area (Å²) in [6, 6.07) is 0. The van der Waals surface area contributed by atoms with E-state index >= 15 is 0 Å². The highest BCUT2D eigenvalue weighted by Gasteiger charge is 2.15. The van der Waals surface area contributed by atoms with E-state index in [0.29, 0.717) is 6.61 Å². The predicted molar refractivity (Wildman–Crippen MR) is 49.0 cm³/mol. The van der Waals surface area contributed by atoms with Crippen LogP contribution < -0.4 is 11.0 Å². The first kappa shape index (κ1) is 10.2. The van der Waals surface area contributed by atoms with Crippen LogP contribution in [0.4, 0.5) is 0 Å². The molecule has 5 nitrogen and oxygen atoms in total. The predicted octanol–water partition coefficient (Wildman–Crippen LogP) is 0.771. The summed E-state index contributed by atoms with van der Waals surface area (Å²) >= 11 is 6.41. The quantitative estimate of drug-likeness (QED) is 0.743. The average Bonchev–Trinajstić information content (AvgIpc) is 2.44. The number of hydrogen-bond acceptors (Lipinski definition) is 4. The Balaban J connectivity index is 2.77. The first-order valence-corrected chi connectivity index (χ1v) is 4.65. The van der Waals surface area contributed by atoms with E-state index in [1.54, 1.807) is 6.92 Å². The van der Waals surface area contributed by atoms with Crippen LogP contribution in [0.15, 0.2) is 4.79 Å². The molecule has 0 radical (unpaired) electrons. The van der Waals surface area contributed by atoms with E-state index in [1.807, 2.05) is 0 Å². The van der Waals surface area contributed by atoms with Crippen molar-refractivity contribution in [3.63, 3.8) is 0 Å². The van der Waals surface area contributed by atoms with Crippen LogP contribution in [0.5, 0.6) is 0 Å². The number of halogens is 1. The third-order valence-corrected chi connectivity index (χ3v) is 2.51. The number of hydroxylamine groups is 1. The molecule has 0 aliphatic carbocycles. The van der Waals surface area contributed by atoms with Crippen molar-refractivity contribution < 1.29 is 9.63 Å². The fraction of sp³-hybridized carbons (Fsp3) is 0.333. The molecule has 0 bridgehead atoms. The van der Waals surface area contributed by atoms with E-state index in [0.717, 1.165) is 11.5 Å². The standard InChI is InChI=1S/C6H7ClN2O3S/c1-2-12-8-6(11)4-3(7)5(10)9-13-4/h2H2,1H3,(H,8,11)(H,9,10). The highest BCUT2D eigenvalue weighted by molar-refractivity contribution is 7.08. The number of H-pyrrole nitrogens is 1. The van der Waals surface area contributed by atoms with E-state index in [9.17, 15) is 9.59 Å². The molecule has 0 saturated carbocycles. The summed E-state index contributed by atoms with van der Waals surface area (Å²) < 4.78 is 2.33. The molecule has 2 N–H and O–H groups in total. The summed E-state index contributed by atoms with van der Waals surface area (Å²) in [5, 5.41) is -0.109. The normalized spacial score (nSPS) is 10.0. The largest absolute Gasteiger partial charge is 0.288 e. The molecule has 0 atom stereocenters. The maximum atomic E-state index is 11.2. The van der Waals surface area contributed by atoms with Crippen LogP contribution in [-0.2, 0) is 4.84 Å². The van der Waals surface area contributed by atoms with Gasteiger partial charge in [0, 0.05) is 0 Å². The molecule has 13 heavy (non-hydrogen) atoms. The zero-order valence-corrected chi connectivity index (χ0v) is 8.29. The molecule has 1 aromatic heterocycles. The number of carbonyl (C=O) groups is 1. The first-order valence-electron chi connectivity index (χ1n) is 3.46. The highest BCUT2D eigenvalue weighted by atomic mass is 35.5. The van der Waals surface area contributed by atoms with Crippen molar-refractivity contribution in [2.45, 2.75) is 6.92 Å². The molecule has 0 unspecified atom stereocenters. The zero-order valence-electron chi connectivity index (χ0n) is 6.72. The monoisotopic (exact) mass is 222 g/mol. The van der Waals surface area contributed by atoms with Gasteiger partial charge in [0.15, 0.2) is 0 Å². The van der Waals surface area contributed by atoms with Crippen LogP contribution in [0.1, 0.15) is 16.6 Å². The Hall–Kier alpha value is -0.850. The Morgan fingerprint density at radius 1 is 1.77 bits per heavy atom. The van der Waals surface area contributed by atoms with Crippen molar-refractivity contribution in [2.24, 2.45) is 0 Å². The molecule has 7 heteroatoms. The van der Waals surface area contributed by atoms with Gasteiger partial charge in [-0.05, 0) is 6.92 Å². The summed E-state index contributed by atoms with van der Waals surface area (Å²) in [4.78, 5) is 26.8. The summed E-state index contributed by atoms with van der Waals surface area (Å²) in [5.41, 5.74) is 1.67. The minimum absolute atomic E-state index is 0.109. The lowest BCUT2D eigenvalue weighted by atomic mass is 10.5. The van der Waals surface area contributed by atoms with Crippen molar-refractivity contribution in [3.8, 4) is 0 Å². The molecule has 0 fully saturated rings. The van der Waals surface area contributed by atoms with E-state index < -0.39 is 11.5 Å². The molecular formula is C6H7ClN2O3S. The average molecular weight is 223 g/mol. The van der Waals surface area contributed by atoms with Crippen molar-refractivity contribution in [1.29, 1.82) is 0 Å². The lowest BCUT2D eigenvalue weighted by Crippen LogP contribution is -2.23. The number of aromatic nitrogens is 1. The van der Waals surface area contributed by atoms with Crippen molar-refractivity contribution >= 4 is 29.0 Å². The van der Waals surface area contributed by atoms with Gasteiger partial charge in [0.25, 0.3) is 11.5 Å². The van der Waals surface area contributed by atoms with E-state index in [-0.39, 0.29) is 9.90 Å². The molecule has 0 aliphatic rings. The third kappa shape index (κ3) is 2.30. The van der Waals surface area contributed by atoms with E-state index in [2.05, 4.69) is 14.7 Å². The molecule has 0 saturated heterocycles. The number of rotatable bonds is 3. The van der Waals surface area contributed by atoms with Gasteiger partial charge in [0.05, 0.1) is 6.61 Å². The number of nitrogens with one attached hydrogen (secondary N) is 2. The van der Waals surface area contributed by atoms with Crippen LogP contribution in [-0.4, -0.2) is 16.9 Å². The maximum absolute atomic E-state index is 11.2. The Morgan fingerprint density at radius 2 is 2.46 bits per heavy atom. The number of hydrogen-bond donors (Lipinski definition) is 2.